The lowest BCUT2D eigenvalue weighted by Crippen LogP contribution is -2.10. The Morgan fingerprint density at radius 2 is 2.20 bits per heavy atom. The van der Waals surface area contributed by atoms with Gasteiger partial charge in [0.15, 0.2) is 0 Å². The van der Waals surface area contributed by atoms with Crippen LogP contribution in [0, 0.1) is 0 Å². The van der Waals surface area contributed by atoms with E-state index in [1.165, 1.54) is 0 Å². The molecule has 0 spiro atoms. The van der Waals surface area contributed by atoms with Crippen LogP contribution in [0.3, 0.4) is 0 Å². The number of hydrogen-bond donors (Lipinski definition) is 0. The zero-order valence-electron chi connectivity index (χ0n) is 6.12. The Morgan fingerprint density at radius 1 is 1.60 bits per heavy atom. The maximum Gasteiger partial charge on any atom is 0.549 e. The molecule has 0 fully saturated rings. The molecule has 0 aromatic heterocycles. The smallest absolute Gasteiger partial charge is 0.432 e. The molecule has 0 aliphatic carbocycles. The summed E-state index contributed by atoms with van der Waals surface area (Å²) in [5.74, 6) is 0. The predicted octanol–water partition coefficient (Wildman–Crippen LogP) is 0.978. The van der Waals surface area contributed by atoms with Crippen molar-refractivity contribution in [1.29, 1.82) is 0 Å². The molecule has 0 amide bonds. The van der Waals surface area contributed by atoms with E-state index >= 15 is 0 Å². The molecule has 0 rings (SSSR count). The molecule has 0 N–H and O–H groups in total. The molecule has 4 heteroatoms. The van der Waals surface area contributed by atoms with Crippen LogP contribution < -0.4 is 0 Å². The van der Waals surface area contributed by atoms with Crippen LogP contribution in [0.1, 0.15) is 13.3 Å². The van der Waals surface area contributed by atoms with Crippen molar-refractivity contribution in [3.8, 4) is 0 Å². The monoisotopic (exact) mass is 147 g/mol. The largest absolute Gasteiger partial charge is 0.549 e. The molecule has 0 heterocycles. The van der Waals surface area contributed by atoms with Gasteiger partial charge in [0.25, 0.3) is 0 Å². The zero-order valence-corrected chi connectivity index (χ0v) is 6.12. The maximum absolute atomic E-state index is 9.69. The van der Waals surface area contributed by atoms with E-state index in [2.05, 4.69) is 4.74 Å². The second kappa shape index (κ2) is 5.05. The Kier molecular flexibility index (Phi) is 4.66. The molecule has 0 aromatic rings. The molecular formula is C6H11O4. The van der Waals surface area contributed by atoms with E-state index in [1.54, 1.807) is 7.11 Å². The Labute approximate surface area is 59.7 Å². The second-order valence-corrected chi connectivity index (χ2v) is 1.93. The van der Waals surface area contributed by atoms with Crippen LogP contribution in [0.5, 0.6) is 0 Å². The third-order valence-electron chi connectivity index (χ3n) is 1.15. The molecule has 0 aromatic carbocycles. The van der Waals surface area contributed by atoms with Gasteiger partial charge < -0.3 is 9.47 Å². The van der Waals surface area contributed by atoms with Crippen molar-refractivity contribution in [2.24, 2.45) is 0 Å². The van der Waals surface area contributed by atoms with E-state index in [9.17, 15) is 9.90 Å². The lowest BCUT2D eigenvalue weighted by Gasteiger charge is -2.06. The summed E-state index contributed by atoms with van der Waals surface area (Å²) in [5, 5.41) is 9.69. The molecule has 1 atom stereocenters. The maximum atomic E-state index is 9.69. The zero-order chi connectivity index (χ0) is 7.98. The fourth-order valence-electron chi connectivity index (χ4n) is 0.426. The molecule has 10 heavy (non-hydrogen) atoms. The van der Waals surface area contributed by atoms with Crippen molar-refractivity contribution < 1.29 is 19.4 Å². The van der Waals surface area contributed by atoms with Gasteiger partial charge in [-0.25, -0.2) is 0 Å². The number of carbonyl (C=O) groups is 1. The Bertz CT molecular complexity index is 102. The van der Waals surface area contributed by atoms with Crippen LogP contribution >= 0.6 is 0 Å². The summed E-state index contributed by atoms with van der Waals surface area (Å²) in [4.78, 5) is 9.69. The van der Waals surface area contributed by atoms with Gasteiger partial charge >= 0.3 is 6.16 Å². The fourth-order valence-corrected chi connectivity index (χ4v) is 0.426. The van der Waals surface area contributed by atoms with Crippen molar-refractivity contribution in [3.63, 3.8) is 0 Å². The van der Waals surface area contributed by atoms with Gasteiger partial charge in [0.1, 0.15) is 0 Å². The van der Waals surface area contributed by atoms with Crippen LogP contribution in [-0.4, -0.2) is 26.0 Å². The van der Waals surface area contributed by atoms with Gasteiger partial charge in [0.2, 0.25) is 0 Å². The minimum Gasteiger partial charge on any atom is -0.432 e. The first kappa shape index (κ1) is 9.23. The van der Waals surface area contributed by atoms with E-state index in [0.29, 0.717) is 6.42 Å². The minimum atomic E-state index is -1.48. The number of methoxy groups -OCH3 is 1. The van der Waals surface area contributed by atoms with Crippen molar-refractivity contribution in [2.75, 3.05) is 13.7 Å². The summed E-state index contributed by atoms with van der Waals surface area (Å²) in [6.45, 7) is 1.97. The average Bonchev–Trinajstić information content (AvgIpc) is 1.87. The number of carbonyl (C=O) groups excluding carboxylic acids is 1. The topological polar surface area (TPSA) is 55.4 Å². The first-order valence-electron chi connectivity index (χ1n) is 3.03. The lowest BCUT2D eigenvalue weighted by atomic mass is 10.3. The van der Waals surface area contributed by atoms with E-state index in [0.717, 1.165) is 0 Å². The minimum absolute atomic E-state index is 0.0272. The van der Waals surface area contributed by atoms with E-state index in [-0.39, 0.29) is 12.7 Å². The van der Waals surface area contributed by atoms with Crippen molar-refractivity contribution in [2.45, 2.75) is 19.4 Å². The average molecular weight is 147 g/mol. The van der Waals surface area contributed by atoms with Crippen molar-refractivity contribution >= 4 is 6.16 Å². The van der Waals surface area contributed by atoms with Gasteiger partial charge in [0, 0.05) is 13.5 Å². The van der Waals surface area contributed by atoms with E-state index in [1.807, 2.05) is 6.92 Å². The summed E-state index contributed by atoms with van der Waals surface area (Å²) >= 11 is 0. The molecule has 0 aliphatic heterocycles. The predicted molar refractivity (Wildman–Crippen MR) is 33.1 cm³/mol. The first-order valence-corrected chi connectivity index (χ1v) is 3.03. The SMILES string of the molecule is COC(C)CCOC([O])=O. The van der Waals surface area contributed by atoms with Crippen LogP contribution in [0.25, 0.3) is 0 Å². The summed E-state index contributed by atoms with van der Waals surface area (Å²) in [7, 11) is 1.56. The standard InChI is InChI=1S/C6H11O4/c1-5(9-2)3-4-10-6(7)8/h5H,3-4H2,1-2H3. The second-order valence-electron chi connectivity index (χ2n) is 1.93. The third-order valence-corrected chi connectivity index (χ3v) is 1.15. The Hall–Kier alpha value is -0.770. The molecule has 0 saturated carbocycles. The molecule has 4 nitrogen and oxygen atoms in total. The molecule has 1 radical (unpaired) electrons. The van der Waals surface area contributed by atoms with Crippen molar-refractivity contribution in [3.05, 3.63) is 0 Å². The summed E-state index contributed by atoms with van der Waals surface area (Å²) < 4.78 is 8.98. The van der Waals surface area contributed by atoms with Crippen molar-refractivity contribution in [1.82, 2.24) is 0 Å². The highest BCUT2D eigenvalue weighted by Crippen LogP contribution is 1.94. The molecule has 0 saturated heterocycles. The summed E-state index contributed by atoms with van der Waals surface area (Å²) in [5.41, 5.74) is 0. The van der Waals surface area contributed by atoms with Gasteiger partial charge in [-0.15, -0.1) is 0 Å². The van der Waals surface area contributed by atoms with Crippen LogP contribution in [0.15, 0.2) is 0 Å². The first-order chi connectivity index (χ1) is 4.66. The van der Waals surface area contributed by atoms with Crippen LogP contribution in [0.2, 0.25) is 0 Å². The lowest BCUT2D eigenvalue weighted by molar-refractivity contribution is 0.0449. The number of rotatable bonds is 4. The Balaban J connectivity index is 3.11. The van der Waals surface area contributed by atoms with E-state index in [4.69, 9.17) is 4.74 Å². The number of ether oxygens (including phenoxy) is 2. The third kappa shape index (κ3) is 5.37. The van der Waals surface area contributed by atoms with Gasteiger partial charge in [-0.1, -0.05) is 0 Å². The van der Waals surface area contributed by atoms with E-state index < -0.39 is 6.16 Å². The van der Waals surface area contributed by atoms with Crippen LogP contribution in [-0.2, 0) is 14.6 Å². The number of hydrogen-bond acceptors (Lipinski definition) is 3. The molecule has 1 unspecified atom stereocenters. The normalized spacial score (nSPS) is 12.6. The van der Waals surface area contributed by atoms with Gasteiger partial charge in [-0.05, 0) is 6.92 Å². The molecular weight excluding hydrogens is 136 g/mol. The van der Waals surface area contributed by atoms with Gasteiger partial charge in [0.05, 0.1) is 12.7 Å². The Morgan fingerprint density at radius 3 is 2.60 bits per heavy atom. The molecule has 59 valence electrons. The summed E-state index contributed by atoms with van der Waals surface area (Å²) in [6, 6.07) is 0. The summed E-state index contributed by atoms with van der Waals surface area (Å²) in [6.07, 6.45) is -0.896. The van der Waals surface area contributed by atoms with Crippen LogP contribution in [0.4, 0.5) is 4.79 Å². The highest BCUT2D eigenvalue weighted by atomic mass is 16.7. The fraction of sp³-hybridized carbons (Fsp3) is 0.833. The highest BCUT2D eigenvalue weighted by Gasteiger charge is 2.02. The molecule has 0 bridgehead atoms. The highest BCUT2D eigenvalue weighted by molar-refractivity contribution is 5.56. The molecule has 0 aliphatic rings. The quantitative estimate of drug-likeness (QED) is 0.557. The van der Waals surface area contributed by atoms with Gasteiger partial charge in [-0.3, -0.25) is 0 Å². The van der Waals surface area contributed by atoms with Gasteiger partial charge in [-0.2, -0.15) is 9.90 Å².